The molecule has 2 aromatic carbocycles. The predicted molar refractivity (Wildman–Crippen MR) is 99.8 cm³/mol. The van der Waals surface area contributed by atoms with Crippen LogP contribution >= 0.6 is 11.3 Å². The quantitative estimate of drug-likeness (QED) is 0.664. The van der Waals surface area contributed by atoms with Gasteiger partial charge in [-0.3, -0.25) is 4.72 Å². The lowest BCUT2D eigenvalue weighted by molar-refractivity contribution is 0.411. The summed E-state index contributed by atoms with van der Waals surface area (Å²) >= 11 is 1.13. The second-order valence-corrected chi connectivity index (χ2v) is 8.59. The molecule has 1 N–H and O–H groups in total. The van der Waals surface area contributed by atoms with E-state index < -0.39 is 21.7 Å². The van der Waals surface area contributed by atoms with Gasteiger partial charge in [0.2, 0.25) is 0 Å². The largest absolute Gasteiger partial charge is 0.496 e. The first-order chi connectivity index (χ1) is 12.8. The van der Waals surface area contributed by atoms with Gasteiger partial charge in [0.1, 0.15) is 5.75 Å². The molecule has 142 valence electrons. The molecule has 0 bridgehead atoms. The van der Waals surface area contributed by atoms with Gasteiger partial charge in [-0.1, -0.05) is 6.07 Å². The Morgan fingerprint density at radius 3 is 2.59 bits per heavy atom. The lowest BCUT2D eigenvalue weighted by atomic mass is 10.1. The topological polar surface area (TPSA) is 68.3 Å². The van der Waals surface area contributed by atoms with Crippen LogP contribution in [0.3, 0.4) is 0 Å². The third-order valence-corrected chi connectivity index (χ3v) is 6.19. The van der Waals surface area contributed by atoms with Crippen LogP contribution in [0.5, 0.6) is 5.75 Å². The number of rotatable bonds is 6. The first-order valence-electron chi connectivity index (χ1n) is 7.84. The highest BCUT2D eigenvalue weighted by Gasteiger charge is 2.17. The highest BCUT2D eigenvalue weighted by Crippen LogP contribution is 2.26. The Hall–Kier alpha value is -2.52. The molecule has 0 saturated heterocycles. The minimum absolute atomic E-state index is 0.0955. The van der Waals surface area contributed by atoms with Crippen LogP contribution in [-0.2, 0) is 16.4 Å². The lowest BCUT2D eigenvalue weighted by Crippen LogP contribution is -2.13. The van der Waals surface area contributed by atoms with Crippen LogP contribution in [0.4, 0.5) is 13.9 Å². The molecule has 3 aromatic rings. The number of nitrogens with one attached hydrogen (secondary N) is 1. The summed E-state index contributed by atoms with van der Waals surface area (Å²) in [5.74, 6) is -1.24. The van der Waals surface area contributed by atoms with Gasteiger partial charge in [0, 0.05) is 17.5 Å². The van der Waals surface area contributed by atoms with Crippen molar-refractivity contribution in [1.29, 1.82) is 0 Å². The summed E-state index contributed by atoms with van der Waals surface area (Å²) in [6.45, 7) is 1.75. The van der Waals surface area contributed by atoms with Crippen molar-refractivity contribution in [2.24, 2.45) is 0 Å². The Labute approximate surface area is 159 Å². The average molecular weight is 410 g/mol. The van der Waals surface area contributed by atoms with E-state index in [4.69, 9.17) is 4.74 Å². The van der Waals surface area contributed by atoms with Gasteiger partial charge in [0.05, 0.1) is 12.0 Å². The second kappa shape index (κ2) is 7.61. The molecular formula is C18H16F2N2O3S2. The van der Waals surface area contributed by atoms with Crippen molar-refractivity contribution in [3.8, 4) is 5.75 Å². The number of anilines is 1. The molecule has 0 unspecified atom stereocenters. The smallest absolute Gasteiger partial charge is 0.263 e. The molecule has 1 heterocycles. The molecule has 27 heavy (non-hydrogen) atoms. The van der Waals surface area contributed by atoms with Crippen molar-refractivity contribution < 1.29 is 21.9 Å². The van der Waals surface area contributed by atoms with Crippen LogP contribution in [0.1, 0.15) is 16.0 Å². The van der Waals surface area contributed by atoms with Crippen LogP contribution in [0, 0.1) is 18.6 Å². The van der Waals surface area contributed by atoms with Crippen molar-refractivity contribution in [3.05, 3.63) is 70.2 Å². The minimum atomic E-state index is -3.80. The number of aryl methyl sites for hydroxylation is 1. The number of ether oxygens (including phenoxy) is 1. The lowest BCUT2D eigenvalue weighted by Gasteiger charge is -2.08. The number of benzene rings is 2. The molecule has 0 aliphatic rings. The van der Waals surface area contributed by atoms with E-state index in [1.54, 1.807) is 13.0 Å². The summed E-state index contributed by atoms with van der Waals surface area (Å²) in [6.07, 6.45) is 1.82. The first kappa shape index (κ1) is 19.2. The normalized spacial score (nSPS) is 11.4. The molecule has 0 atom stereocenters. The third-order valence-electron chi connectivity index (χ3n) is 3.81. The van der Waals surface area contributed by atoms with Gasteiger partial charge in [-0.15, -0.1) is 11.3 Å². The van der Waals surface area contributed by atoms with Crippen molar-refractivity contribution >= 4 is 26.5 Å². The zero-order chi connectivity index (χ0) is 19.6. The van der Waals surface area contributed by atoms with E-state index in [-0.39, 0.29) is 10.0 Å². The van der Waals surface area contributed by atoms with Crippen molar-refractivity contribution in [2.75, 3.05) is 11.8 Å². The summed E-state index contributed by atoms with van der Waals surface area (Å²) in [4.78, 5) is 4.86. The molecule has 0 aliphatic heterocycles. The number of aromatic nitrogens is 1. The van der Waals surface area contributed by atoms with Gasteiger partial charge in [-0.25, -0.2) is 22.2 Å². The second-order valence-electron chi connectivity index (χ2n) is 5.79. The first-order valence-corrected chi connectivity index (χ1v) is 10.1. The molecule has 1 aromatic heterocycles. The average Bonchev–Trinajstić information content (AvgIpc) is 3.04. The molecule has 0 aliphatic carbocycles. The minimum Gasteiger partial charge on any atom is -0.496 e. The maximum absolute atomic E-state index is 13.3. The summed E-state index contributed by atoms with van der Waals surface area (Å²) in [7, 11) is -2.29. The van der Waals surface area contributed by atoms with E-state index in [2.05, 4.69) is 9.71 Å². The van der Waals surface area contributed by atoms with Gasteiger partial charge >= 0.3 is 0 Å². The Balaban J connectivity index is 1.76. The molecule has 3 rings (SSSR count). The fourth-order valence-electron chi connectivity index (χ4n) is 2.48. The van der Waals surface area contributed by atoms with Crippen LogP contribution < -0.4 is 9.46 Å². The molecule has 5 nitrogen and oxygen atoms in total. The Morgan fingerprint density at radius 2 is 1.93 bits per heavy atom. The standard InChI is InChI=1S/C18H16F2N2O3S2/c1-11-7-14(4-6-17(11)25-2)27(23,24)22-18-21-10-13(26-18)8-12-3-5-15(19)16(20)9-12/h3-7,9-10H,8H2,1-2H3,(H,21,22). The van der Waals surface area contributed by atoms with E-state index >= 15 is 0 Å². The van der Waals surface area contributed by atoms with E-state index in [0.29, 0.717) is 28.2 Å². The Bertz CT molecular complexity index is 1080. The zero-order valence-corrected chi connectivity index (χ0v) is 16.1. The monoisotopic (exact) mass is 410 g/mol. The summed E-state index contributed by atoms with van der Waals surface area (Å²) < 4.78 is 58.9. The van der Waals surface area contributed by atoms with Gasteiger partial charge in [0.25, 0.3) is 10.0 Å². The fraction of sp³-hybridized carbons (Fsp3) is 0.167. The zero-order valence-electron chi connectivity index (χ0n) is 14.5. The summed E-state index contributed by atoms with van der Waals surface area (Å²) in [6, 6.07) is 8.18. The van der Waals surface area contributed by atoms with Crippen LogP contribution in [-0.4, -0.2) is 20.5 Å². The molecule has 0 fully saturated rings. The van der Waals surface area contributed by atoms with Gasteiger partial charge in [-0.05, 0) is 48.4 Å². The molecule has 9 heteroatoms. The third kappa shape index (κ3) is 4.42. The van der Waals surface area contributed by atoms with Crippen LogP contribution in [0.25, 0.3) is 0 Å². The fourth-order valence-corrected chi connectivity index (χ4v) is 4.65. The molecule has 0 spiro atoms. The van der Waals surface area contributed by atoms with Crippen LogP contribution in [0.15, 0.2) is 47.5 Å². The van der Waals surface area contributed by atoms with E-state index in [0.717, 1.165) is 23.5 Å². The number of hydrogen-bond acceptors (Lipinski definition) is 5. The van der Waals surface area contributed by atoms with Gasteiger partial charge in [0.15, 0.2) is 16.8 Å². The Kier molecular flexibility index (Phi) is 5.43. The molecule has 0 saturated carbocycles. The molecule has 0 radical (unpaired) electrons. The highest BCUT2D eigenvalue weighted by atomic mass is 32.2. The van der Waals surface area contributed by atoms with E-state index in [1.807, 2.05) is 0 Å². The summed E-state index contributed by atoms with van der Waals surface area (Å²) in [5.41, 5.74) is 1.26. The van der Waals surface area contributed by atoms with E-state index in [9.17, 15) is 17.2 Å². The maximum atomic E-state index is 13.3. The number of thiazole rings is 1. The number of nitrogens with zero attached hydrogens (tertiary/aromatic N) is 1. The van der Waals surface area contributed by atoms with Gasteiger partial charge in [-0.2, -0.15) is 0 Å². The van der Waals surface area contributed by atoms with Crippen molar-refractivity contribution in [1.82, 2.24) is 4.98 Å². The molecule has 0 amide bonds. The van der Waals surface area contributed by atoms with Crippen molar-refractivity contribution in [2.45, 2.75) is 18.2 Å². The van der Waals surface area contributed by atoms with E-state index in [1.165, 1.54) is 31.5 Å². The number of methoxy groups -OCH3 is 1. The summed E-state index contributed by atoms with van der Waals surface area (Å²) in [5, 5.41) is 0.195. The Morgan fingerprint density at radius 1 is 1.15 bits per heavy atom. The van der Waals surface area contributed by atoms with Crippen LogP contribution in [0.2, 0.25) is 0 Å². The SMILES string of the molecule is COc1ccc(S(=O)(=O)Nc2ncc(Cc3ccc(F)c(F)c3)s2)cc1C. The number of halogens is 2. The predicted octanol–water partition coefficient (Wildman–Crippen LogP) is 4.13. The highest BCUT2D eigenvalue weighted by molar-refractivity contribution is 7.93. The number of hydrogen-bond donors (Lipinski definition) is 1. The maximum Gasteiger partial charge on any atom is 0.263 e. The molecular weight excluding hydrogens is 394 g/mol. The van der Waals surface area contributed by atoms with Gasteiger partial charge < -0.3 is 4.74 Å². The van der Waals surface area contributed by atoms with Crippen molar-refractivity contribution in [3.63, 3.8) is 0 Å². The number of sulfonamides is 1.